The van der Waals surface area contributed by atoms with Gasteiger partial charge in [0.05, 0.1) is 4.88 Å². The summed E-state index contributed by atoms with van der Waals surface area (Å²) in [5, 5.41) is 5.37. The smallest absolute Gasteiger partial charge is 0.264 e. The number of pyridine rings is 1. The van der Waals surface area contributed by atoms with Crippen molar-refractivity contribution in [2.24, 2.45) is 5.92 Å². The molecule has 1 atom stereocenters. The molecule has 5 heteroatoms. The van der Waals surface area contributed by atoms with Crippen LogP contribution in [0.2, 0.25) is 0 Å². The third kappa shape index (κ3) is 3.54. The average molecular weight is 315 g/mol. The van der Waals surface area contributed by atoms with E-state index in [4.69, 9.17) is 0 Å². The van der Waals surface area contributed by atoms with Crippen molar-refractivity contribution in [3.8, 4) is 0 Å². The molecule has 0 radical (unpaired) electrons. The first-order valence-corrected chi connectivity index (χ1v) is 8.55. The second-order valence-electron chi connectivity index (χ2n) is 5.84. The van der Waals surface area contributed by atoms with Crippen molar-refractivity contribution < 1.29 is 4.79 Å². The van der Waals surface area contributed by atoms with Gasteiger partial charge in [-0.15, -0.1) is 11.3 Å². The van der Waals surface area contributed by atoms with Crippen LogP contribution in [0.5, 0.6) is 0 Å². The van der Waals surface area contributed by atoms with Crippen molar-refractivity contribution in [1.82, 2.24) is 15.2 Å². The maximum absolute atomic E-state index is 12.9. The highest BCUT2D eigenvalue weighted by Crippen LogP contribution is 2.21. The van der Waals surface area contributed by atoms with E-state index < -0.39 is 0 Å². The van der Waals surface area contributed by atoms with E-state index >= 15 is 0 Å². The van der Waals surface area contributed by atoms with Gasteiger partial charge in [-0.25, -0.2) is 0 Å². The molecule has 2 aromatic rings. The Balaban J connectivity index is 1.78. The fourth-order valence-corrected chi connectivity index (χ4v) is 3.74. The number of hydrogen-bond donors (Lipinski definition) is 1. The van der Waals surface area contributed by atoms with Crippen LogP contribution in [0.15, 0.2) is 36.0 Å². The van der Waals surface area contributed by atoms with Gasteiger partial charge in [-0.05, 0) is 61.0 Å². The second-order valence-corrected chi connectivity index (χ2v) is 6.75. The predicted octanol–water partition coefficient (Wildman–Crippen LogP) is 2.70. The Kier molecular flexibility index (Phi) is 4.85. The first-order valence-electron chi connectivity index (χ1n) is 7.67. The van der Waals surface area contributed by atoms with Gasteiger partial charge >= 0.3 is 0 Å². The molecule has 0 unspecified atom stereocenters. The lowest BCUT2D eigenvalue weighted by molar-refractivity contribution is 0.0723. The van der Waals surface area contributed by atoms with Gasteiger partial charge in [0.15, 0.2) is 0 Å². The molecule has 3 rings (SSSR count). The van der Waals surface area contributed by atoms with Crippen LogP contribution in [-0.2, 0) is 6.54 Å². The van der Waals surface area contributed by atoms with E-state index in [1.165, 1.54) is 11.3 Å². The number of thiophene rings is 1. The molecule has 0 bridgehead atoms. The number of rotatable bonds is 5. The highest BCUT2D eigenvalue weighted by Gasteiger charge is 2.24. The van der Waals surface area contributed by atoms with Crippen molar-refractivity contribution in [1.29, 1.82) is 0 Å². The summed E-state index contributed by atoms with van der Waals surface area (Å²) in [4.78, 5) is 19.9. The third-order valence-corrected chi connectivity index (χ3v) is 5.09. The lowest BCUT2D eigenvalue weighted by atomic mass is 10.1. The highest BCUT2D eigenvalue weighted by atomic mass is 32.1. The molecular formula is C17H21N3OS. The largest absolute Gasteiger partial charge is 0.333 e. The van der Waals surface area contributed by atoms with Gasteiger partial charge in [0, 0.05) is 25.5 Å². The molecule has 4 nitrogen and oxygen atoms in total. The third-order valence-electron chi connectivity index (χ3n) is 4.08. The molecule has 2 aromatic heterocycles. The summed E-state index contributed by atoms with van der Waals surface area (Å²) in [5.74, 6) is 0.684. The molecule has 1 amide bonds. The zero-order valence-corrected chi connectivity index (χ0v) is 13.6. The maximum atomic E-state index is 12.9. The summed E-state index contributed by atoms with van der Waals surface area (Å²) in [6.07, 6.45) is 4.74. The van der Waals surface area contributed by atoms with Crippen molar-refractivity contribution in [3.63, 3.8) is 0 Å². The van der Waals surface area contributed by atoms with E-state index in [9.17, 15) is 4.79 Å². The lowest BCUT2D eigenvalue weighted by Gasteiger charge is -2.25. The minimum atomic E-state index is 0.142. The summed E-state index contributed by atoms with van der Waals surface area (Å²) in [7, 11) is 0. The number of hydrogen-bond acceptors (Lipinski definition) is 4. The van der Waals surface area contributed by atoms with Gasteiger partial charge in [0.25, 0.3) is 5.91 Å². The van der Waals surface area contributed by atoms with Gasteiger partial charge < -0.3 is 10.2 Å². The molecule has 1 aliphatic heterocycles. The molecular weight excluding hydrogens is 294 g/mol. The summed E-state index contributed by atoms with van der Waals surface area (Å²) in [6.45, 7) is 5.49. The number of nitrogens with zero attached hydrogens (tertiary/aromatic N) is 2. The number of nitrogens with one attached hydrogen (secondary N) is 1. The summed E-state index contributed by atoms with van der Waals surface area (Å²) < 4.78 is 0. The van der Waals surface area contributed by atoms with Gasteiger partial charge in [0.2, 0.25) is 0 Å². The van der Waals surface area contributed by atoms with Crippen LogP contribution in [0.3, 0.4) is 0 Å². The van der Waals surface area contributed by atoms with Crippen LogP contribution in [0.25, 0.3) is 0 Å². The SMILES string of the molecule is Cc1ccsc1C(=O)N(Cc1cccnc1)C[C@H]1CCNC1. The van der Waals surface area contributed by atoms with Crippen LogP contribution in [-0.4, -0.2) is 35.4 Å². The summed E-state index contributed by atoms with van der Waals surface area (Å²) >= 11 is 1.53. The topological polar surface area (TPSA) is 45.2 Å². The first kappa shape index (κ1) is 15.2. The van der Waals surface area contributed by atoms with Crippen molar-refractivity contribution in [3.05, 3.63) is 52.0 Å². The number of aryl methyl sites for hydroxylation is 1. The quantitative estimate of drug-likeness (QED) is 0.923. The second kappa shape index (κ2) is 7.03. The van der Waals surface area contributed by atoms with Crippen LogP contribution in [0.1, 0.15) is 27.2 Å². The minimum absolute atomic E-state index is 0.142. The van der Waals surface area contributed by atoms with Crippen molar-refractivity contribution >= 4 is 17.2 Å². The molecule has 1 saturated heterocycles. The van der Waals surface area contributed by atoms with Gasteiger partial charge in [-0.2, -0.15) is 0 Å². The van der Waals surface area contributed by atoms with Gasteiger partial charge in [0.1, 0.15) is 0 Å². The Bertz CT molecular complexity index is 620. The van der Waals surface area contributed by atoms with Crippen LogP contribution in [0, 0.1) is 12.8 Å². The Hall–Kier alpha value is -1.72. The van der Waals surface area contributed by atoms with Gasteiger partial charge in [-0.1, -0.05) is 6.07 Å². The number of carbonyl (C=O) groups excluding carboxylic acids is 1. The van der Waals surface area contributed by atoms with Gasteiger partial charge in [-0.3, -0.25) is 9.78 Å². The number of aromatic nitrogens is 1. The Labute approximate surface area is 135 Å². The standard InChI is InChI=1S/C17H21N3OS/c1-13-5-8-22-16(13)17(21)20(12-15-4-7-19-10-15)11-14-3-2-6-18-9-14/h2-3,5-6,8-9,15,19H,4,7,10-12H2,1H3/t15-/m0/s1. The first-order chi connectivity index (χ1) is 10.7. The van der Waals surface area contributed by atoms with Crippen molar-refractivity contribution in [2.45, 2.75) is 19.9 Å². The van der Waals surface area contributed by atoms with E-state index in [0.717, 1.165) is 42.1 Å². The van der Waals surface area contributed by atoms with E-state index in [-0.39, 0.29) is 5.91 Å². The maximum Gasteiger partial charge on any atom is 0.264 e. The zero-order chi connectivity index (χ0) is 15.4. The monoisotopic (exact) mass is 315 g/mol. The number of amides is 1. The molecule has 0 spiro atoms. The van der Waals surface area contributed by atoms with E-state index in [1.54, 1.807) is 6.20 Å². The molecule has 0 aliphatic carbocycles. The lowest BCUT2D eigenvalue weighted by Crippen LogP contribution is -2.35. The average Bonchev–Trinajstić information content (AvgIpc) is 3.18. The van der Waals surface area contributed by atoms with Crippen molar-refractivity contribution in [2.75, 3.05) is 19.6 Å². The Morgan fingerprint density at radius 3 is 3.05 bits per heavy atom. The Morgan fingerprint density at radius 1 is 1.50 bits per heavy atom. The minimum Gasteiger partial charge on any atom is -0.333 e. The number of carbonyl (C=O) groups is 1. The molecule has 1 aliphatic rings. The summed E-state index contributed by atoms with van der Waals surface area (Å²) in [5.41, 5.74) is 2.15. The molecule has 22 heavy (non-hydrogen) atoms. The summed E-state index contributed by atoms with van der Waals surface area (Å²) in [6, 6.07) is 5.96. The molecule has 0 aromatic carbocycles. The highest BCUT2D eigenvalue weighted by molar-refractivity contribution is 7.12. The molecule has 116 valence electrons. The zero-order valence-electron chi connectivity index (χ0n) is 12.8. The molecule has 1 N–H and O–H groups in total. The molecule has 1 fully saturated rings. The fourth-order valence-electron chi connectivity index (χ4n) is 2.85. The van der Waals surface area contributed by atoms with E-state index in [1.807, 2.05) is 41.6 Å². The Morgan fingerprint density at radius 2 is 2.41 bits per heavy atom. The van der Waals surface area contributed by atoms with Crippen LogP contribution < -0.4 is 5.32 Å². The van der Waals surface area contributed by atoms with Crippen LogP contribution in [0.4, 0.5) is 0 Å². The predicted molar refractivity (Wildman–Crippen MR) is 89.0 cm³/mol. The fraction of sp³-hybridized carbons (Fsp3) is 0.412. The van der Waals surface area contributed by atoms with Crippen LogP contribution >= 0.6 is 11.3 Å². The molecule has 3 heterocycles. The van der Waals surface area contributed by atoms with E-state index in [0.29, 0.717) is 12.5 Å². The molecule has 0 saturated carbocycles. The van der Waals surface area contributed by atoms with E-state index in [2.05, 4.69) is 10.3 Å². The normalized spacial score (nSPS) is 17.6.